The number of halogens is 1. The monoisotopic (exact) mass is 513 g/mol. The Morgan fingerprint density at radius 1 is 0.621 bits per heavy atom. The standard InChI is InChI=1S/C22H26IO6/c1-21(2,3)28-19(24)26-17-11-7-15(8-12-17)23-16-9-13-18(14-10-16)27-20(25)29-22(4,5)6/h7-14H,1-6H3/q+1. The van der Waals surface area contributed by atoms with E-state index in [0.29, 0.717) is 11.5 Å². The van der Waals surface area contributed by atoms with Gasteiger partial charge in [-0.3, -0.25) is 0 Å². The first kappa shape index (κ1) is 23.0. The SMILES string of the molecule is CC(C)(C)OC(=O)Oc1ccc([I+]c2ccc(OC(=O)OC(C)(C)C)cc2)cc1. The van der Waals surface area contributed by atoms with Gasteiger partial charge in [-0.15, -0.1) is 0 Å². The minimum Gasteiger partial charge on any atom is -0.428 e. The predicted octanol–water partition coefficient (Wildman–Crippen LogP) is 2.44. The average Bonchev–Trinajstić information content (AvgIpc) is 2.55. The summed E-state index contributed by atoms with van der Waals surface area (Å²) in [6.07, 6.45) is -1.44. The van der Waals surface area contributed by atoms with E-state index in [-0.39, 0.29) is 0 Å². The van der Waals surface area contributed by atoms with Crippen LogP contribution in [0.4, 0.5) is 9.59 Å². The molecule has 7 heteroatoms. The summed E-state index contributed by atoms with van der Waals surface area (Å²) in [5.74, 6) is 0.876. The van der Waals surface area contributed by atoms with Crippen molar-refractivity contribution in [2.24, 2.45) is 0 Å². The Hall–Kier alpha value is -2.29. The Balaban J connectivity index is 1.90. The zero-order valence-electron chi connectivity index (χ0n) is 17.4. The lowest BCUT2D eigenvalue weighted by atomic mass is 10.2. The van der Waals surface area contributed by atoms with Crippen LogP contribution in [0.25, 0.3) is 0 Å². The van der Waals surface area contributed by atoms with Gasteiger partial charge in [-0.25, -0.2) is 9.59 Å². The van der Waals surface area contributed by atoms with Crippen molar-refractivity contribution in [3.8, 4) is 11.5 Å². The lowest BCUT2D eigenvalue weighted by Crippen LogP contribution is -3.61. The maximum absolute atomic E-state index is 11.7. The van der Waals surface area contributed by atoms with Crippen LogP contribution in [-0.2, 0) is 9.47 Å². The minimum atomic E-state index is -0.722. The molecule has 0 aliphatic carbocycles. The molecule has 2 aromatic carbocycles. The number of ether oxygens (including phenoxy) is 4. The summed E-state index contributed by atoms with van der Waals surface area (Å²) < 4.78 is 22.9. The zero-order chi connectivity index (χ0) is 21.7. The fourth-order valence-corrected chi connectivity index (χ4v) is 4.15. The fourth-order valence-electron chi connectivity index (χ4n) is 1.99. The molecule has 0 amide bonds. The Bertz CT molecular complexity index is 758. The molecule has 0 spiro atoms. The van der Waals surface area contributed by atoms with Crippen molar-refractivity contribution in [2.45, 2.75) is 52.7 Å². The average molecular weight is 513 g/mol. The third-order valence-corrected chi connectivity index (χ3v) is 5.71. The van der Waals surface area contributed by atoms with Crippen LogP contribution in [0.1, 0.15) is 41.5 Å². The molecule has 0 aliphatic heterocycles. The van der Waals surface area contributed by atoms with Gasteiger partial charge in [0.15, 0.2) is 7.14 Å². The molecule has 29 heavy (non-hydrogen) atoms. The van der Waals surface area contributed by atoms with Crippen LogP contribution in [0, 0.1) is 7.14 Å². The van der Waals surface area contributed by atoms with Crippen molar-refractivity contribution in [3.63, 3.8) is 0 Å². The first-order valence-corrected chi connectivity index (χ1v) is 11.2. The smallest absolute Gasteiger partial charge is 0.428 e. The summed E-state index contributed by atoms with van der Waals surface area (Å²) in [6, 6.07) is 14.7. The molecule has 0 unspecified atom stereocenters. The molecule has 156 valence electrons. The minimum absolute atomic E-state index is 0.428. The van der Waals surface area contributed by atoms with Gasteiger partial charge in [-0.2, -0.15) is 0 Å². The number of carbonyl (C=O) groups excluding carboxylic acids is 2. The maximum Gasteiger partial charge on any atom is 0.514 e. The third-order valence-electron chi connectivity index (χ3n) is 3.03. The van der Waals surface area contributed by atoms with Gasteiger partial charge in [0.2, 0.25) is 0 Å². The lowest BCUT2D eigenvalue weighted by Gasteiger charge is -2.18. The van der Waals surface area contributed by atoms with Gasteiger partial charge in [-0.05, 0) is 90.1 Å². The van der Waals surface area contributed by atoms with Crippen molar-refractivity contribution in [2.75, 3.05) is 0 Å². The van der Waals surface area contributed by atoms with Crippen LogP contribution in [0.15, 0.2) is 48.5 Å². The zero-order valence-corrected chi connectivity index (χ0v) is 19.6. The molecule has 2 aromatic rings. The second kappa shape index (κ2) is 9.47. The molecule has 0 bridgehead atoms. The second-order valence-corrected chi connectivity index (χ2v) is 11.2. The van der Waals surface area contributed by atoms with E-state index in [1.165, 1.54) is 0 Å². The van der Waals surface area contributed by atoms with E-state index in [1.807, 2.05) is 24.3 Å². The number of hydrogen-bond acceptors (Lipinski definition) is 6. The summed E-state index contributed by atoms with van der Waals surface area (Å²) >= 11 is -0.428. The first-order chi connectivity index (χ1) is 13.4. The first-order valence-electron chi connectivity index (χ1n) is 9.06. The van der Waals surface area contributed by atoms with Crippen LogP contribution < -0.4 is 30.7 Å². The number of rotatable bonds is 4. The van der Waals surface area contributed by atoms with Gasteiger partial charge in [0.1, 0.15) is 22.7 Å². The highest BCUT2D eigenvalue weighted by Gasteiger charge is 2.21. The van der Waals surface area contributed by atoms with E-state index in [4.69, 9.17) is 18.9 Å². The molecule has 0 N–H and O–H groups in total. The molecule has 0 heterocycles. The van der Waals surface area contributed by atoms with E-state index >= 15 is 0 Å². The molecule has 0 fully saturated rings. The van der Waals surface area contributed by atoms with E-state index in [1.54, 1.807) is 65.8 Å². The molecule has 0 aromatic heterocycles. The summed E-state index contributed by atoms with van der Waals surface area (Å²) in [7, 11) is 0. The van der Waals surface area contributed by atoms with Gasteiger partial charge < -0.3 is 18.9 Å². The van der Waals surface area contributed by atoms with Crippen LogP contribution in [-0.4, -0.2) is 23.5 Å². The highest BCUT2D eigenvalue weighted by atomic mass is 127. The van der Waals surface area contributed by atoms with E-state index in [9.17, 15) is 9.59 Å². The van der Waals surface area contributed by atoms with Crippen molar-refractivity contribution >= 4 is 12.3 Å². The number of hydrogen-bond donors (Lipinski definition) is 0. The van der Waals surface area contributed by atoms with Crippen LogP contribution in [0.2, 0.25) is 0 Å². The van der Waals surface area contributed by atoms with Crippen LogP contribution in [0.5, 0.6) is 11.5 Å². The van der Waals surface area contributed by atoms with E-state index in [2.05, 4.69) is 0 Å². The molecular formula is C22H26IO6+. The van der Waals surface area contributed by atoms with Crippen molar-refractivity contribution < 1.29 is 49.7 Å². The molecule has 2 rings (SSSR count). The van der Waals surface area contributed by atoms with Crippen LogP contribution >= 0.6 is 0 Å². The molecule has 0 aliphatic rings. The van der Waals surface area contributed by atoms with Crippen molar-refractivity contribution in [1.29, 1.82) is 0 Å². The highest BCUT2D eigenvalue weighted by molar-refractivity contribution is 5.64. The van der Waals surface area contributed by atoms with Gasteiger partial charge in [0, 0.05) is 0 Å². The number of carbonyl (C=O) groups is 2. The van der Waals surface area contributed by atoms with Gasteiger partial charge in [0.25, 0.3) is 0 Å². The number of benzene rings is 2. The molecule has 0 saturated carbocycles. The Kier molecular flexibility index (Phi) is 7.51. The Morgan fingerprint density at radius 3 is 1.21 bits per heavy atom. The second-order valence-electron chi connectivity index (χ2n) is 8.14. The summed E-state index contributed by atoms with van der Waals surface area (Å²) in [6.45, 7) is 10.7. The largest absolute Gasteiger partial charge is 0.514 e. The van der Waals surface area contributed by atoms with Crippen molar-refractivity contribution in [3.05, 3.63) is 55.7 Å². The normalized spacial score (nSPS) is 11.5. The molecule has 6 nitrogen and oxygen atoms in total. The predicted molar refractivity (Wildman–Crippen MR) is 104 cm³/mol. The van der Waals surface area contributed by atoms with Crippen LogP contribution in [0.3, 0.4) is 0 Å². The summed E-state index contributed by atoms with van der Waals surface area (Å²) in [4.78, 5) is 23.4. The Morgan fingerprint density at radius 2 is 0.931 bits per heavy atom. The Labute approximate surface area is 181 Å². The fraction of sp³-hybridized carbons (Fsp3) is 0.364. The summed E-state index contributed by atoms with van der Waals surface area (Å²) in [5.41, 5.74) is -1.19. The molecular weight excluding hydrogens is 487 g/mol. The third kappa shape index (κ3) is 9.17. The van der Waals surface area contributed by atoms with Gasteiger partial charge in [0.05, 0.1) is 0 Å². The quantitative estimate of drug-likeness (QED) is 0.356. The van der Waals surface area contributed by atoms with Gasteiger partial charge in [-0.1, -0.05) is 0 Å². The van der Waals surface area contributed by atoms with Crippen molar-refractivity contribution in [1.82, 2.24) is 0 Å². The molecule has 0 atom stereocenters. The van der Waals surface area contributed by atoms with E-state index in [0.717, 1.165) is 7.14 Å². The lowest BCUT2D eigenvalue weighted by molar-refractivity contribution is -0.597. The topological polar surface area (TPSA) is 71.1 Å². The maximum atomic E-state index is 11.7. The van der Waals surface area contributed by atoms with Gasteiger partial charge >= 0.3 is 33.5 Å². The highest BCUT2D eigenvalue weighted by Crippen LogP contribution is 2.14. The summed E-state index contributed by atoms with van der Waals surface area (Å²) in [5, 5.41) is 0. The molecule has 0 radical (unpaired) electrons. The van der Waals surface area contributed by atoms with E-state index < -0.39 is 44.7 Å². The molecule has 0 saturated heterocycles.